The minimum Gasteiger partial charge on any atom is -0.331 e. The molecule has 1 aliphatic carbocycles. The summed E-state index contributed by atoms with van der Waals surface area (Å²) in [5, 5.41) is 0. The highest BCUT2D eigenvalue weighted by molar-refractivity contribution is 5.75. The van der Waals surface area contributed by atoms with Crippen molar-refractivity contribution in [2.24, 2.45) is 18.7 Å². The molecule has 0 amide bonds. The van der Waals surface area contributed by atoms with Crippen LogP contribution in [0.15, 0.2) is 24.3 Å². The molecule has 0 saturated heterocycles. The minimum atomic E-state index is 0.543. The molecule has 0 spiro atoms. The van der Waals surface area contributed by atoms with Gasteiger partial charge in [-0.2, -0.15) is 0 Å². The Morgan fingerprint density at radius 1 is 1.28 bits per heavy atom. The molecule has 3 rings (SSSR count). The maximum atomic E-state index is 5.94. The van der Waals surface area contributed by atoms with Crippen LogP contribution >= 0.6 is 0 Å². The average molecular weight is 243 g/mol. The molecule has 0 aliphatic heterocycles. The second-order valence-corrected chi connectivity index (χ2v) is 5.40. The van der Waals surface area contributed by atoms with Crippen molar-refractivity contribution < 1.29 is 0 Å². The molecule has 3 heteroatoms. The molecule has 96 valence electrons. The number of nitrogens with zero attached hydrogens (tertiary/aromatic N) is 2. The number of hydrogen-bond donors (Lipinski definition) is 1. The summed E-state index contributed by atoms with van der Waals surface area (Å²) in [6.07, 6.45) is 5.12. The van der Waals surface area contributed by atoms with E-state index in [4.69, 9.17) is 10.7 Å². The van der Waals surface area contributed by atoms with Gasteiger partial charge in [0.1, 0.15) is 5.82 Å². The number of imidazole rings is 1. The number of fused-ring (bicyclic) bond motifs is 1. The highest BCUT2D eigenvalue weighted by Gasteiger charge is 2.28. The van der Waals surface area contributed by atoms with Crippen molar-refractivity contribution in [3.05, 3.63) is 30.1 Å². The Labute approximate surface area is 108 Å². The van der Waals surface area contributed by atoms with Crippen molar-refractivity contribution in [3.8, 4) is 0 Å². The van der Waals surface area contributed by atoms with Gasteiger partial charge in [0.25, 0.3) is 0 Å². The van der Waals surface area contributed by atoms with Gasteiger partial charge in [-0.1, -0.05) is 25.0 Å². The largest absolute Gasteiger partial charge is 0.331 e. The molecule has 1 fully saturated rings. The Hall–Kier alpha value is -1.35. The van der Waals surface area contributed by atoms with Crippen molar-refractivity contribution in [1.29, 1.82) is 0 Å². The quantitative estimate of drug-likeness (QED) is 0.881. The molecule has 0 bridgehead atoms. The first-order valence-electron chi connectivity index (χ1n) is 6.92. The number of nitrogens with two attached hydrogens (primary N) is 1. The molecule has 2 N–H and O–H groups in total. The van der Waals surface area contributed by atoms with Gasteiger partial charge in [0.05, 0.1) is 11.0 Å². The first kappa shape index (κ1) is 11.7. The number of hydrogen-bond acceptors (Lipinski definition) is 2. The molecular weight excluding hydrogens is 222 g/mol. The van der Waals surface area contributed by atoms with Gasteiger partial charge >= 0.3 is 0 Å². The lowest BCUT2D eigenvalue weighted by Crippen LogP contribution is -2.27. The van der Waals surface area contributed by atoms with Crippen LogP contribution in [0.5, 0.6) is 0 Å². The van der Waals surface area contributed by atoms with Gasteiger partial charge in [-0.3, -0.25) is 0 Å². The van der Waals surface area contributed by atoms with Gasteiger partial charge in [-0.05, 0) is 37.4 Å². The summed E-state index contributed by atoms with van der Waals surface area (Å²) in [6.45, 7) is 0.786. The van der Waals surface area contributed by atoms with Crippen LogP contribution in [0.1, 0.15) is 37.4 Å². The number of rotatable bonds is 2. The predicted octanol–water partition coefficient (Wildman–Crippen LogP) is 2.81. The van der Waals surface area contributed by atoms with Crippen molar-refractivity contribution >= 4 is 11.0 Å². The van der Waals surface area contributed by atoms with Gasteiger partial charge in [0, 0.05) is 13.0 Å². The Kier molecular flexibility index (Phi) is 3.08. The van der Waals surface area contributed by atoms with Crippen molar-refractivity contribution in [2.75, 3.05) is 6.54 Å². The monoisotopic (exact) mass is 243 g/mol. The fourth-order valence-electron chi connectivity index (χ4n) is 3.33. The molecule has 1 aromatic carbocycles. The zero-order chi connectivity index (χ0) is 12.5. The van der Waals surface area contributed by atoms with Crippen LogP contribution in [0.2, 0.25) is 0 Å². The fraction of sp³-hybridized carbons (Fsp3) is 0.533. The van der Waals surface area contributed by atoms with Crippen LogP contribution in [-0.4, -0.2) is 16.1 Å². The first-order chi connectivity index (χ1) is 8.81. The molecule has 1 heterocycles. The van der Waals surface area contributed by atoms with Crippen LogP contribution in [0, 0.1) is 5.92 Å². The second kappa shape index (κ2) is 4.73. The standard InChI is InChI=1S/C15H21N3/c1-18-14-9-5-4-8-13(14)17-15(18)12-7-3-2-6-11(12)10-16/h4-5,8-9,11-12H,2-3,6-7,10,16H2,1H3. The normalized spacial score (nSPS) is 24.6. The Morgan fingerprint density at radius 3 is 2.83 bits per heavy atom. The molecule has 0 radical (unpaired) electrons. The number of benzene rings is 1. The third kappa shape index (κ3) is 1.83. The summed E-state index contributed by atoms with van der Waals surface area (Å²) >= 11 is 0. The summed E-state index contributed by atoms with van der Waals surface area (Å²) < 4.78 is 2.26. The lowest BCUT2D eigenvalue weighted by molar-refractivity contribution is 0.301. The highest BCUT2D eigenvalue weighted by atomic mass is 15.1. The summed E-state index contributed by atoms with van der Waals surface area (Å²) in [5.74, 6) is 2.38. The number of aromatic nitrogens is 2. The Morgan fingerprint density at radius 2 is 2.06 bits per heavy atom. The Bertz CT molecular complexity index is 544. The zero-order valence-electron chi connectivity index (χ0n) is 11.0. The van der Waals surface area contributed by atoms with E-state index in [0.29, 0.717) is 11.8 Å². The third-order valence-corrected chi connectivity index (χ3v) is 4.37. The van der Waals surface area contributed by atoms with E-state index in [1.807, 2.05) is 0 Å². The fourth-order valence-corrected chi connectivity index (χ4v) is 3.33. The van der Waals surface area contributed by atoms with Crippen molar-refractivity contribution in [2.45, 2.75) is 31.6 Å². The predicted molar refractivity (Wildman–Crippen MR) is 74.5 cm³/mol. The van der Waals surface area contributed by atoms with Gasteiger partial charge in [-0.15, -0.1) is 0 Å². The lowest BCUT2D eigenvalue weighted by atomic mass is 9.79. The summed E-state index contributed by atoms with van der Waals surface area (Å²) in [5.41, 5.74) is 8.28. The summed E-state index contributed by atoms with van der Waals surface area (Å²) in [7, 11) is 2.13. The second-order valence-electron chi connectivity index (χ2n) is 5.40. The highest BCUT2D eigenvalue weighted by Crippen LogP contribution is 2.37. The minimum absolute atomic E-state index is 0.543. The molecule has 1 aromatic heterocycles. The molecular formula is C15H21N3. The average Bonchev–Trinajstić information content (AvgIpc) is 2.76. The molecule has 3 nitrogen and oxygen atoms in total. The molecule has 18 heavy (non-hydrogen) atoms. The number of aryl methyl sites for hydroxylation is 1. The third-order valence-electron chi connectivity index (χ3n) is 4.37. The van der Waals surface area contributed by atoms with E-state index >= 15 is 0 Å². The van der Waals surface area contributed by atoms with Crippen LogP contribution in [0.3, 0.4) is 0 Å². The van der Waals surface area contributed by atoms with E-state index in [9.17, 15) is 0 Å². The smallest absolute Gasteiger partial charge is 0.113 e. The molecule has 1 saturated carbocycles. The molecule has 1 aliphatic rings. The van der Waals surface area contributed by atoms with Crippen molar-refractivity contribution in [1.82, 2.24) is 9.55 Å². The van der Waals surface area contributed by atoms with Crippen LogP contribution in [0.4, 0.5) is 0 Å². The maximum Gasteiger partial charge on any atom is 0.113 e. The molecule has 2 aromatic rings. The topological polar surface area (TPSA) is 43.8 Å². The van der Waals surface area contributed by atoms with E-state index in [1.165, 1.54) is 37.0 Å². The van der Waals surface area contributed by atoms with E-state index in [1.54, 1.807) is 0 Å². The van der Waals surface area contributed by atoms with Gasteiger partial charge in [0.2, 0.25) is 0 Å². The van der Waals surface area contributed by atoms with Crippen LogP contribution < -0.4 is 5.73 Å². The zero-order valence-corrected chi connectivity index (χ0v) is 11.0. The van der Waals surface area contributed by atoms with E-state index in [-0.39, 0.29) is 0 Å². The van der Waals surface area contributed by atoms with Crippen LogP contribution in [-0.2, 0) is 7.05 Å². The van der Waals surface area contributed by atoms with E-state index in [2.05, 4.69) is 35.9 Å². The van der Waals surface area contributed by atoms with Gasteiger partial charge in [-0.25, -0.2) is 4.98 Å². The Balaban J connectivity index is 2.04. The maximum absolute atomic E-state index is 5.94. The molecule has 2 unspecified atom stereocenters. The first-order valence-corrected chi connectivity index (χ1v) is 6.92. The van der Waals surface area contributed by atoms with Gasteiger partial charge in [0.15, 0.2) is 0 Å². The van der Waals surface area contributed by atoms with Crippen LogP contribution in [0.25, 0.3) is 11.0 Å². The SMILES string of the molecule is Cn1c(C2CCCCC2CN)nc2ccccc21. The number of para-hydroxylation sites is 2. The summed E-state index contributed by atoms with van der Waals surface area (Å²) in [4.78, 5) is 4.84. The van der Waals surface area contributed by atoms with E-state index < -0.39 is 0 Å². The van der Waals surface area contributed by atoms with Gasteiger partial charge < -0.3 is 10.3 Å². The lowest BCUT2D eigenvalue weighted by Gasteiger charge is -2.30. The molecule has 2 atom stereocenters. The van der Waals surface area contributed by atoms with E-state index in [0.717, 1.165) is 12.1 Å². The summed E-state index contributed by atoms with van der Waals surface area (Å²) in [6, 6.07) is 8.38. The van der Waals surface area contributed by atoms with Crippen molar-refractivity contribution in [3.63, 3.8) is 0 Å².